The van der Waals surface area contributed by atoms with Crippen LogP contribution in [0.2, 0.25) is 5.02 Å². The minimum absolute atomic E-state index is 0.298. The smallest absolute Gasteiger partial charge is 0.309 e. The number of amides is 2. The van der Waals surface area contributed by atoms with E-state index in [2.05, 4.69) is 15.6 Å². The average molecular weight is 318 g/mol. The van der Waals surface area contributed by atoms with Crippen molar-refractivity contribution in [2.45, 2.75) is 13.0 Å². The molecule has 0 radical (unpaired) electrons. The molecule has 22 heavy (non-hydrogen) atoms. The van der Waals surface area contributed by atoms with Crippen molar-refractivity contribution in [2.75, 3.05) is 6.54 Å². The number of benzene rings is 1. The van der Waals surface area contributed by atoms with Crippen LogP contribution < -0.4 is 10.6 Å². The van der Waals surface area contributed by atoms with Gasteiger partial charge < -0.3 is 10.6 Å². The van der Waals surface area contributed by atoms with Gasteiger partial charge in [0.1, 0.15) is 0 Å². The molecule has 0 bridgehead atoms. The zero-order valence-electron chi connectivity index (χ0n) is 11.9. The van der Waals surface area contributed by atoms with Gasteiger partial charge in [-0.15, -0.1) is 0 Å². The summed E-state index contributed by atoms with van der Waals surface area (Å²) in [7, 11) is 0. The number of nitrogens with one attached hydrogen (secondary N) is 2. The number of pyridine rings is 1. The summed E-state index contributed by atoms with van der Waals surface area (Å²) in [6.45, 7) is 0.690. The fourth-order valence-electron chi connectivity index (χ4n) is 1.81. The number of hydrogen-bond donors (Lipinski definition) is 2. The first-order valence-electron chi connectivity index (χ1n) is 6.84. The molecular weight excluding hydrogens is 302 g/mol. The largest absolute Gasteiger partial charge is 0.348 e. The molecule has 2 amide bonds. The van der Waals surface area contributed by atoms with Crippen LogP contribution in [0, 0.1) is 0 Å². The van der Waals surface area contributed by atoms with E-state index in [0.29, 0.717) is 24.5 Å². The van der Waals surface area contributed by atoms with E-state index in [1.54, 1.807) is 36.7 Å². The van der Waals surface area contributed by atoms with E-state index in [0.717, 1.165) is 11.1 Å². The first-order chi connectivity index (χ1) is 10.6. The molecule has 1 heterocycles. The van der Waals surface area contributed by atoms with Crippen LogP contribution in [0.15, 0.2) is 48.8 Å². The van der Waals surface area contributed by atoms with Gasteiger partial charge in [0.15, 0.2) is 0 Å². The van der Waals surface area contributed by atoms with Crippen molar-refractivity contribution < 1.29 is 9.59 Å². The van der Waals surface area contributed by atoms with Crippen molar-refractivity contribution in [1.29, 1.82) is 0 Å². The second kappa shape index (κ2) is 8.14. The van der Waals surface area contributed by atoms with Crippen molar-refractivity contribution >= 4 is 23.4 Å². The lowest BCUT2D eigenvalue weighted by Gasteiger charge is -2.07. The molecule has 0 fully saturated rings. The van der Waals surface area contributed by atoms with E-state index in [1.807, 2.05) is 12.1 Å². The summed E-state index contributed by atoms with van der Waals surface area (Å²) in [6.07, 6.45) is 3.90. The molecule has 0 unspecified atom stereocenters. The van der Waals surface area contributed by atoms with Crippen LogP contribution in [0.5, 0.6) is 0 Å². The van der Waals surface area contributed by atoms with Crippen molar-refractivity contribution in [3.05, 3.63) is 64.9 Å². The maximum Gasteiger partial charge on any atom is 0.309 e. The van der Waals surface area contributed by atoms with Crippen molar-refractivity contribution in [3.63, 3.8) is 0 Å². The predicted molar refractivity (Wildman–Crippen MR) is 84.2 cm³/mol. The van der Waals surface area contributed by atoms with Crippen LogP contribution in [0.4, 0.5) is 0 Å². The third-order valence-corrected chi connectivity index (χ3v) is 3.27. The molecule has 0 aliphatic carbocycles. The highest BCUT2D eigenvalue weighted by Gasteiger charge is 2.12. The number of hydrogen-bond acceptors (Lipinski definition) is 3. The van der Waals surface area contributed by atoms with Crippen LogP contribution in [0.3, 0.4) is 0 Å². The number of carbonyl (C=O) groups excluding carboxylic acids is 2. The van der Waals surface area contributed by atoms with Crippen LogP contribution in [-0.2, 0) is 22.6 Å². The molecule has 5 nitrogen and oxygen atoms in total. The third kappa shape index (κ3) is 5.18. The quantitative estimate of drug-likeness (QED) is 0.825. The highest BCUT2D eigenvalue weighted by molar-refractivity contribution is 6.35. The second-order valence-electron chi connectivity index (χ2n) is 4.67. The standard InChI is InChI=1S/C16H16ClN3O2/c17-14-3-1-12(2-4-14)7-10-19-15(21)16(22)20-11-13-5-8-18-9-6-13/h1-6,8-9H,7,10-11H2,(H,19,21)(H,20,22). The van der Waals surface area contributed by atoms with Gasteiger partial charge in [-0.3, -0.25) is 14.6 Å². The second-order valence-corrected chi connectivity index (χ2v) is 5.11. The topological polar surface area (TPSA) is 71.1 Å². The van der Waals surface area contributed by atoms with Gasteiger partial charge in [-0.25, -0.2) is 0 Å². The van der Waals surface area contributed by atoms with E-state index in [4.69, 9.17) is 11.6 Å². The minimum Gasteiger partial charge on any atom is -0.348 e. The van der Waals surface area contributed by atoms with Gasteiger partial charge in [0, 0.05) is 30.5 Å². The zero-order chi connectivity index (χ0) is 15.8. The van der Waals surface area contributed by atoms with Gasteiger partial charge in [-0.2, -0.15) is 0 Å². The average Bonchev–Trinajstić information content (AvgIpc) is 2.55. The molecule has 0 aliphatic heterocycles. The Morgan fingerprint density at radius 3 is 2.23 bits per heavy atom. The number of rotatable bonds is 5. The summed E-state index contributed by atoms with van der Waals surface area (Å²) < 4.78 is 0. The lowest BCUT2D eigenvalue weighted by atomic mass is 10.1. The summed E-state index contributed by atoms with van der Waals surface area (Å²) in [5, 5.41) is 5.81. The Bertz CT molecular complexity index is 630. The molecule has 0 saturated heterocycles. The van der Waals surface area contributed by atoms with Crippen LogP contribution >= 0.6 is 11.6 Å². The van der Waals surface area contributed by atoms with E-state index < -0.39 is 11.8 Å². The van der Waals surface area contributed by atoms with Gasteiger partial charge >= 0.3 is 11.8 Å². The molecule has 0 atom stereocenters. The normalized spacial score (nSPS) is 10.0. The Hall–Kier alpha value is -2.40. The van der Waals surface area contributed by atoms with Gasteiger partial charge in [0.2, 0.25) is 0 Å². The number of halogens is 1. The van der Waals surface area contributed by atoms with Crippen molar-refractivity contribution in [1.82, 2.24) is 15.6 Å². The monoisotopic (exact) mass is 317 g/mol. The van der Waals surface area contributed by atoms with Crippen molar-refractivity contribution in [2.24, 2.45) is 0 Å². The third-order valence-electron chi connectivity index (χ3n) is 3.02. The lowest BCUT2D eigenvalue weighted by molar-refractivity contribution is -0.139. The van der Waals surface area contributed by atoms with Gasteiger partial charge in [0.25, 0.3) is 0 Å². The molecule has 2 N–H and O–H groups in total. The van der Waals surface area contributed by atoms with Gasteiger partial charge in [0.05, 0.1) is 0 Å². The first kappa shape index (κ1) is 16.0. The van der Waals surface area contributed by atoms with Crippen molar-refractivity contribution in [3.8, 4) is 0 Å². The van der Waals surface area contributed by atoms with E-state index in [1.165, 1.54) is 0 Å². The molecule has 1 aromatic heterocycles. The minimum atomic E-state index is -0.645. The summed E-state index contributed by atoms with van der Waals surface area (Å²) in [6, 6.07) is 10.9. The first-order valence-corrected chi connectivity index (χ1v) is 7.22. The summed E-state index contributed by atoms with van der Waals surface area (Å²) in [5.41, 5.74) is 1.93. The number of aromatic nitrogens is 1. The Morgan fingerprint density at radius 1 is 0.909 bits per heavy atom. The number of nitrogens with zero attached hydrogens (tertiary/aromatic N) is 1. The highest BCUT2D eigenvalue weighted by atomic mass is 35.5. The van der Waals surface area contributed by atoms with Crippen LogP contribution in [0.25, 0.3) is 0 Å². The SMILES string of the molecule is O=C(NCCc1ccc(Cl)cc1)C(=O)NCc1ccncc1. The van der Waals surface area contributed by atoms with Crippen LogP contribution in [-0.4, -0.2) is 23.3 Å². The summed E-state index contributed by atoms with van der Waals surface area (Å²) in [5.74, 6) is -1.28. The van der Waals surface area contributed by atoms with Gasteiger partial charge in [-0.05, 0) is 41.8 Å². The number of carbonyl (C=O) groups is 2. The van der Waals surface area contributed by atoms with Gasteiger partial charge in [-0.1, -0.05) is 23.7 Å². The van der Waals surface area contributed by atoms with E-state index in [9.17, 15) is 9.59 Å². The molecule has 0 saturated carbocycles. The molecule has 2 rings (SSSR count). The Balaban J connectivity index is 1.70. The fourth-order valence-corrected chi connectivity index (χ4v) is 1.94. The van der Waals surface area contributed by atoms with Crippen LogP contribution in [0.1, 0.15) is 11.1 Å². The molecule has 114 valence electrons. The predicted octanol–water partition coefficient (Wildman–Crippen LogP) is 1.71. The maximum absolute atomic E-state index is 11.7. The summed E-state index contributed by atoms with van der Waals surface area (Å²) in [4.78, 5) is 27.2. The van der Waals surface area contributed by atoms with E-state index >= 15 is 0 Å². The lowest BCUT2D eigenvalue weighted by Crippen LogP contribution is -2.40. The molecule has 6 heteroatoms. The summed E-state index contributed by atoms with van der Waals surface area (Å²) >= 11 is 5.80. The maximum atomic E-state index is 11.7. The zero-order valence-corrected chi connectivity index (χ0v) is 12.6. The molecule has 0 aliphatic rings. The molecular formula is C16H16ClN3O2. The van der Waals surface area contributed by atoms with E-state index in [-0.39, 0.29) is 0 Å². The fraction of sp³-hybridized carbons (Fsp3) is 0.188. The molecule has 0 spiro atoms. The highest BCUT2D eigenvalue weighted by Crippen LogP contribution is 2.09. The Morgan fingerprint density at radius 2 is 1.55 bits per heavy atom. The Labute approximate surface area is 133 Å². The molecule has 1 aromatic carbocycles. The molecule has 2 aromatic rings. The Kier molecular flexibility index (Phi) is 5.91.